The first-order chi connectivity index (χ1) is 10.5. The Balaban J connectivity index is 1.63. The summed E-state index contributed by atoms with van der Waals surface area (Å²) in [6.07, 6.45) is 2.37. The van der Waals surface area contributed by atoms with Crippen LogP contribution in [0.15, 0.2) is 6.20 Å². The lowest BCUT2D eigenvalue weighted by atomic mass is 10.0. The summed E-state index contributed by atoms with van der Waals surface area (Å²) in [7, 11) is 1.81. The van der Waals surface area contributed by atoms with Gasteiger partial charge in [0, 0.05) is 39.4 Å². The van der Waals surface area contributed by atoms with Crippen LogP contribution < -0.4 is 0 Å². The lowest BCUT2D eigenvalue weighted by Crippen LogP contribution is -2.49. The monoisotopic (exact) mass is 308 g/mol. The van der Waals surface area contributed by atoms with E-state index in [0.717, 1.165) is 18.8 Å². The van der Waals surface area contributed by atoms with Crippen LogP contribution in [0.1, 0.15) is 22.5 Å². The Kier molecular flexibility index (Phi) is 4.20. The predicted octanol–water partition coefficient (Wildman–Crippen LogP) is -0.362. The van der Waals surface area contributed by atoms with Crippen LogP contribution in [-0.2, 0) is 11.8 Å². The van der Waals surface area contributed by atoms with Gasteiger partial charge in [0.25, 0.3) is 5.91 Å². The fourth-order valence-electron chi connectivity index (χ4n) is 3.31. The molecule has 2 fully saturated rings. The smallest absolute Gasteiger partial charge is 0.257 e. The molecule has 1 aromatic heterocycles. The standard InChI is InChI=1S/C15H24N4O3/c1-12-13(9-17(2)16-12)14(20)19-4-3-15(21,11-19)10-18-5-7-22-8-6-18/h9,21H,3-8,10-11H2,1-2H3/t15-/m1/s1. The number of likely N-dealkylation sites (tertiary alicyclic amines) is 1. The summed E-state index contributed by atoms with van der Waals surface area (Å²) in [5, 5.41) is 15.0. The molecule has 0 aromatic carbocycles. The molecule has 3 heterocycles. The Morgan fingerprint density at radius 2 is 2.14 bits per heavy atom. The van der Waals surface area contributed by atoms with Crippen LogP contribution in [0.4, 0.5) is 0 Å². The quantitative estimate of drug-likeness (QED) is 0.825. The summed E-state index contributed by atoms with van der Waals surface area (Å²) in [6, 6.07) is 0. The molecule has 22 heavy (non-hydrogen) atoms. The Hall–Kier alpha value is -1.44. The largest absolute Gasteiger partial charge is 0.387 e. The van der Waals surface area contributed by atoms with E-state index in [1.807, 2.05) is 14.0 Å². The average Bonchev–Trinajstić information content (AvgIpc) is 3.02. The normalized spacial score (nSPS) is 26.6. The molecule has 1 N–H and O–H groups in total. The number of hydrogen-bond donors (Lipinski definition) is 1. The van der Waals surface area contributed by atoms with E-state index in [9.17, 15) is 9.90 Å². The zero-order chi connectivity index (χ0) is 15.7. The van der Waals surface area contributed by atoms with Crippen LogP contribution in [0, 0.1) is 6.92 Å². The number of morpholine rings is 1. The van der Waals surface area contributed by atoms with Crippen molar-refractivity contribution < 1.29 is 14.6 Å². The molecule has 2 aliphatic rings. The molecule has 7 heteroatoms. The number of β-amino-alcohol motifs (C(OH)–C–C–N with tert-alkyl or cyclic N) is 1. The Labute approximate surface area is 130 Å². The van der Waals surface area contributed by atoms with E-state index in [1.54, 1.807) is 15.8 Å². The summed E-state index contributed by atoms with van der Waals surface area (Å²) in [5.74, 6) is -0.0384. The molecule has 7 nitrogen and oxygen atoms in total. The fraction of sp³-hybridized carbons (Fsp3) is 0.733. The van der Waals surface area contributed by atoms with Gasteiger partial charge >= 0.3 is 0 Å². The van der Waals surface area contributed by atoms with Gasteiger partial charge in [-0.1, -0.05) is 0 Å². The number of ether oxygens (including phenoxy) is 1. The second kappa shape index (κ2) is 5.98. The molecule has 2 saturated heterocycles. The van der Waals surface area contributed by atoms with Crippen molar-refractivity contribution >= 4 is 5.91 Å². The Morgan fingerprint density at radius 3 is 2.77 bits per heavy atom. The number of amides is 1. The molecular weight excluding hydrogens is 284 g/mol. The highest BCUT2D eigenvalue weighted by molar-refractivity contribution is 5.95. The number of aromatic nitrogens is 2. The third kappa shape index (κ3) is 3.16. The highest BCUT2D eigenvalue weighted by Gasteiger charge is 2.40. The van der Waals surface area contributed by atoms with Crippen molar-refractivity contribution in [1.82, 2.24) is 19.6 Å². The highest BCUT2D eigenvalue weighted by Crippen LogP contribution is 2.25. The van der Waals surface area contributed by atoms with Gasteiger partial charge < -0.3 is 14.7 Å². The number of hydrogen-bond acceptors (Lipinski definition) is 5. The zero-order valence-electron chi connectivity index (χ0n) is 13.3. The van der Waals surface area contributed by atoms with E-state index in [4.69, 9.17) is 4.74 Å². The molecule has 0 bridgehead atoms. The highest BCUT2D eigenvalue weighted by atomic mass is 16.5. The summed E-state index contributed by atoms with van der Waals surface area (Å²) in [4.78, 5) is 16.5. The van der Waals surface area contributed by atoms with E-state index >= 15 is 0 Å². The van der Waals surface area contributed by atoms with Gasteiger partial charge in [0.2, 0.25) is 0 Å². The third-order valence-electron chi connectivity index (χ3n) is 4.48. The van der Waals surface area contributed by atoms with Gasteiger partial charge in [-0.3, -0.25) is 14.4 Å². The van der Waals surface area contributed by atoms with E-state index in [1.165, 1.54) is 0 Å². The fourth-order valence-corrected chi connectivity index (χ4v) is 3.31. The molecule has 0 unspecified atom stereocenters. The second-order valence-corrected chi connectivity index (χ2v) is 6.39. The van der Waals surface area contributed by atoms with Gasteiger partial charge in [0.15, 0.2) is 0 Å². The maximum atomic E-state index is 12.6. The Morgan fingerprint density at radius 1 is 1.41 bits per heavy atom. The predicted molar refractivity (Wildman–Crippen MR) is 80.7 cm³/mol. The van der Waals surface area contributed by atoms with Crippen molar-refractivity contribution in [3.8, 4) is 0 Å². The van der Waals surface area contributed by atoms with Gasteiger partial charge in [0.05, 0.1) is 36.6 Å². The third-order valence-corrected chi connectivity index (χ3v) is 4.48. The van der Waals surface area contributed by atoms with E-state index < -0.39 is 5.60 Å². The van der Waals surface area contributed by atoms with Gasteiger partial charge in [-0.05, 0) is 13.3 Å². The van der Waals surface area contributed by atoms with E-state index in [-0.39, 0.29) is 5.91 Å². The number of carbonyl (C=O) groups excluding carboxylic acids is 1. The topological polar surface area (TPSA) is 70.8 Å². The minimum atomic E-state index is -0.816. The summed E-state index contributed by atoms with van der Waals surface area (Å²) in [6.45, 7) is 6.54. The van der Waals surface area contributed by atoms with Crippen molar-refractivity contribution in [2.75, 3.05) is 45.9 Å². The van der Waals surface area contributed by atoms with Gasteiger partial charge in [-0.25, -0.2) is 0 Å². The molecule has 2 aliphatic heterocycles. The van der Waals surface area contributed by atoms with Crippen LogP contribution in [0.2, 0.25) is 0 Å². The minimum absolute atomic E-state index is 0.0384. The van der Waals surface area contributed by atoms with Crippen LogP contribution in [-0.4, -0.2) is 82.1 Å². The number of aryl methyl sites for hydroxylation is 2. The van der Waals surface area contributed by atoms with Crippen LogP contribution in [0.3, 0.4) is 0 Å². The SMILES string of the molecule is Cc1nn(C)cc1C(=O)N1CC[C@@](O)(CN2CCOCC2)C1. The first-order valence-electron chi connectivity index (χ1n) is 7.79. The van der Waals surface area contributed by atoms with Gasteiger partial charge in [-0.15, -0.1) is 0 Å². The zero-order valence-corrected chi connectivity index (χ0v) is 13.3. The number of nitrogens with zero attached hydrogens (tertiary/aromatic N) is 4. The molecule has 0 spiro atoms. The molecule has 1 amide bonds. The van der Waals surface area contributed by atoms with Crippen molar-refractivity contribution in [3.05, 3.63) is 17.5 Å². The first kappa shape index (κ1) is 15.5. The number of rotatable bonds is 3. The number of aliphatic hydroxyl groups is 1. The van der Waals surface area contributed by atoms with Gasteiger partial charge in [0.1, 0.15) is 0 Å². The lowest BCUT2D eigenvalue weighted by molar-refractivity contribution is -0.0257. The molecule has 0 saturated carbocycles. The molecular formula is C15H24N4O3. The van der Waals surface area contributed by atoms with Crippen molar-refractivity contribution in [3.63, 3.8) is 0 Å². The van der Waals surface area contributed by atoms with Crippen molar-refractivity contribution in [2.24, 2.45) is 7.05 Å². The molecule has 0 aliphatic carbocycles. The molecule has 122 valence electrons. The molecule has 1 atom stereocenters. The molecule has 3 rings (SSSR count). The van der Waals surface area contributed by atoms with Crippen molar-refractivity contribution in [2.45, 2.75) is 18.9 Å². The summed E-state index contributed by atoms with van der Waals surface area (Å²) in [5.41, 5.74) is 0.539. The van der Waals surface area contributed by atoms with Crippen LogP contribution in [0.25, 0.3) is 0 Å². The summed E-state index contributed by atoms with van der Waals surface area (Å²) < 4.78 is 6.98. The first-order valence-corrected chi connectivity index (χ1v) is 7.79. The van der Waals surface area contributed by atoms with E-state index in [2.05, 4.69) is 10.00 Å². The molecule has 1 aromatic rings. The second-order valence-electron chi connectivity index (χ2n) is 6.39. The van der Waals surface area contributed by atoms with Crippen LogP contribution >= 0.6 is 0 Å². The summed E-state index contributed by atoms with van der Waals surface area (Å²) >= 11 is 0. The van der Waals surface area contributed by atoms with Crippen LogP contribution in [0.5, 0.6) is 0 Å². The van der Waals surface area contributed by atoms with Gasteiger partial charge in [-0.2, -0.15) is 5.10 Å². The van der Waals surface area contributed by atoms with Crippen molar-refractivity contribution in [1.29, 1.82) is 0 Å². The maximum absolute atomic E-state index is 12.6. The molecule has 0 radical (unpaired) electrons. The van der Waals surface area contributed by atoms with E-state index in [0.29, 0.717) is 44.8 Å². The lowest BCUT2D eigenvalue weighted by Gasteiger charge is -2.33. The number of carbonyl (C=O) groups is 1. The Bertz CT molecular complexity index is 553. The maximum Gasteiger partial charge on any atom is 0.257 e. The minimum Gasteiger partial charge on any atom is -0.387 e. The average molecular weight is 308 g/mol.